The summed E-state index contributed by atoms with van der Waals surface area (Å²) in [7, 11) is 0. The van der Waals surface area contributed by atoms with Crippen molar-refractivity contribution >= 4 is 15.9 Å². The highest BCUT2D eigenvalue weighted by molar-refractivity contribution is 9.10. The van der Waals surface area contributed by atoms with Crippen LogP contribution in [0.25, 0.3) is 0 Å². The molecule has 2 heteroatoms. The van der Waals surface area contributed by atoms with Gasteiger partial charge in [0.15, 0.2) is 0 Å². The first-order valence-electron chi connectivity index (χ1n) is 5.14. The molecule has 1 saturated carbocycles. The number of hydrogen-bond acceptors (Lipinski definition) is 1. The average molecular weight is 255 g/mol. The molecule has 1 aromatic rings. The lowest BCUT2D eigenvalue weighted by Crippen LogP contribution is -2.27. The summed E-state index contributed by atoms with van der Waals surface area (Å²) < 4.78 is 1.14. The Morgan fingerprint density at radius 1 is 1.21 bits per heavy atom. The van der Waals surface area contributed by atoms with Gasteiger partial charge in [-0.3, -0.25) is 0 Å². The first-order valence-corrected chi connectivity index (χ1v) is 5.94. The van der Waals surface area contributed by atoms with E-state index in [9.17, 15) is 5.11 Å². The van der Waals surface area contributed by atoms with E-state index in [0.717, 1.165) is 17.3 Å². The summed E-state index contributed by atoms with van der Waals surface area (Å²) in [6, 6.07) is 8.26. The van der Waals surface area contributed by atoms with E-state index in [1.165, 1.54) is 18.4 Å². The first kappa shape index (κ1) is 10.2. The van der Waals surface area contributed by atoms with E-state index in [4.69, 9.17) is 0 Å². The molecule has 0 heterocycles. The monoisotopic (exact) mass is 254 g/mol. The van der Waals surface area contributed by atoms with Crippen LogP contribution in [-0.4, -0.2) is 11.7 Å². The molecule has 14 heavy (non-hydrogen) atoms. The van der Waals surface area contributed by atoms with Gasteiger partial charge in [0.1, 0.15) is 0 Å². The third-order valence-electron chi connectivity index (χ3n) is 3.31. The SMILES string of the molecule is OCC1(c2ccccc2Br)CCCC1. The van der Waals surface area contributed by atoms with Crippen LogP contribution in [0.3, 0.4) is 0 Å². The average Bonchev–Trinajstić information content (AvgIpc) is 2.68. The van der Waals surface area contributed by atoms with Crippen molar-refractivity contribution in [2.24, 2.45) is 0 Å². The summed E-state index contributed by atoms with van der Waals surface area (Å²) in [4.78, 5) is 0. The van der Waals surface area contributed by atoms with Crippen LogP contribution in [0.4, 0.5) is 0 Å². The van der Waals surface area contributed by atoms with Crippen molar-refractivity contribution in [3.05, 3.63) is 34.3 Å². The molecule has 0 unspecified atom stereocenters. The summed E-state index contributed by atoms with van der Waals surface area (Å²) >= 11 is 3.57. The first-order chi connectivity index (χ1) is 6.78. The predicted molar refractivity (Wildman–Crippen MR) is 61.4 cm³/mol. The van der Waals surface area contributed by atoms with E-state index >= 15 is 0 Å². The fourth-order valence-corrected chi connectivity index (χ4v) is 3.16. The topological polar surface area (TPSA) is 20.2 Å². The molecule has 2 rings (SSSR count). The molecule has 1 aliphatic rings. The van der Waals surface area contributed by atoms with Gasteiger partial charge in [0.2, 0.25) is 0 Å². The van der Waals surface area contributed by atoms with E-state index in [-0.39, 0.29) is 12.0 Å². The van der Waals surface area contributed by atoms with E-state index in [2.05, 4.69) is 34.1 Å². The number of benzene rings is 1. The Labute approximate surface area is 93.3 Å². The number of aliphatic hydroxyl groups is 1. The maximum atomic E-state index is 9.57. The van der Waals surface area contributed by atoms with Crippen molar-refractivity contribution in [2.75, 3.05) is 6.61 Å². The van der Waals surface area contributed by atoms with Crippen LogP contribution in [0.5, 0.6) is 0 Å². The van der Waals surface area contributed by atoms with Crippen LogP contribution in [0.2, 0.25) is 0 Å². The van der Waals surface area contributed by atoms with Gasteiger partial charge in [-0.1, -0.05) is 47.0 Å². The molecule has 76 valence electrons. The molecule has 1 aliphatic carbocycles. The van der Waals surface area contributed by atoms with Gasteiger partial charge in [-0.2, -0.15) is 0 Å². The fraction of sp³-hybridized carbons (Fsp3) is 0.500. The molecule has 0 amide bonds. The Morgan fingerprint density at radius 2 is 1.86 bits per heavy atom. The smallest absolute Gasteiger partial charge is 0.0528 e. The van der Waals surface area contributed by atoms with Gasteiger partial charge in [-0.05, 0) is 24.5 Å². The van der Waals surface area contributed by atoms with Gasteiger partial charge in [-0.25, -0.2) is 0 Å². The van der Waals surface area contributed by atoms with Crippen LogP contribution in [0, 0.1) is 0 Å². The van der Waals surface area contributed by atoms with E-state index in [1.807, 2.05) is 6.07 Å². The molecule has 0 aliphatic heterocycles. The molecule has 0 bridgehead atoms. The Bertz CT molecular complexity index is 316. The highest BCUT2D eigenvalue weighted by Gasteiger charge is 2.36. The van der Waals surface area contributed by atoms with Crippen molar-refractivity contribution in [1.29, 1.82) is 0 Å². The molecule has 0 aromatic heterocycles. The highest BCUT2D eigenvalue weighted by Crippen LogP contribution is 2.43. The molecular formula is C12H15BrO. The summed E-state index contributed by atoms with van der Waals surface area (Å²) in [5.74, 6) is 0. The highest BCUT2D eigenvalue weighted by atomic mass is 79.9. The van der Waals surface area contributed by atoms with Crippen molar-refractivity contribution in [3.63, 3.8) is 0 Å². The molecule has 0 saturated heterocycles. The minimum absolute atomic E-state index is 0.0279. The molecular weight excluding hydrogens is 240 g/mol. The summed E-state index contributed by atoms with van der Waals surface area (Å²) in [5.41, 5.74) is 1.31. The molecule has 1 fully saturated rings. The maximum absolute atomic E-state index is 9.57. The standard InChI is InChI=1S/C12H15BrO/c13-11-6-2-1-5-10(11)12(9-14)7-3-4-8-12/h1-2,5-6,14H,3-4,7-9H2. The van der Waals surface area contributed by atoms with Crippen molar-refractivity contribution in [2.45, 2.75) is 31.1 Å². The Balaban J connectivity index is 2.41. The lowest BCUT2D eigenvalue weighted by Gasteiger charge is -2.28. The summed E-state index contributed by atoms with van der Waals surface area (Å²) in [6.07, 6.45) is 4.71. The molecule has 1 N–H and O–H groups in total. The lowest BCUT2D eigenvalue weighted by atomic mass is 9.80. The van der Waals surface area contributed by atoms with Crippen molar-refractivity contribution in [1.82, 2.24) is 0 Å². The van der Waals surface area contributed by atoms with Gasteiger partial charge in [0, 0.05) is 9.89 Å². The largest absolute Gasteiger partial charge is 0.395 e. The molecule has 0 radical (unpaired) electrons. The van der Waals surface area contributed by atoms with Crippen LogP contribution >= 0.6 is 15.9 Å². The predicted octanol–water partition coefficient (Wildman–Crippen LogP) is 3.25. The maximum Gasteiger partial charge on any atom is 0.0528 e. The fourth-order valence-electron chi connectivity index (χ4n) is 2.46. The Hall–Kier alpha value is -0.340. The Morgan fingerprint density at radius 3 is 2.43 bits per heavy atom. The number of aliphatic hydroxyl groups excluding tert-OH is 1. The zero-order valence-electron chi connectivity index (χ0n) is 8.17. The second-order valence-corrected chi connectivity index (χ2v) is 4.98. The van der Waals surface area contributed by atoms with Crippen molar-refractivity contribution in [3.8, 4) is 0 Å². The molecule has 0 spiro atoms. The van der Waals surface area contributed by atoms with E-state index in [0.29, 0.717) is 0 Å². The minimum atomic E-state index is 0.0279. The van der Waals surface area contributed by atoms with Gasteiger partial charge in [0.25, 0.3) is 0 Å². The normalized spacial score (nSPS) is 19.9. The van der Waals surface area contributed by atoms with Gasteiger partial charge in [0.05, 0.1) is 6.61 Å². The van der Waals surface area contributed by atoms with E-state index < -0.39 is 0 Å². The number of hydrogen-bond donors (Lipinski definition) is 1. The van der Waals surface area contributed by atoms with Crippen LogP contribution in [0.1, 0.15) is 31.2 Å². The summed E-state index contributed by atoms with van der Waals surface area (Å²) in [5, 5.41) is 9.57. The lowest BCUT2D eigenvalue weighted by molar-refractivity contribution is 0.195. The number of rotatable bonds is 2. The zero-order valence-corrected chi connectivity index (χ0v) is 9.76. The van der Waals surface area contributed by atoms with Gasteiger partial charge >= 0.3 is 0 Å². The van der Waals surface area contributed by atoms with Crippen LogP contribution in [-0.2, 0) is 5.41 Å². The third-order valence-corrected chi connectivity index (χ3v) is 4.00. The second kappa shape index (κ2) is 4.03. The third kappa shape index (κ3) is 1.61. The Kier molecular flexibility index (Phi) is 2.93. The number of halogens is 1. The quantitative estimate of drug-likeness (QED) is 0.860. The van der Waals surface area contributed by atoms with Crippen molar-refractivity contribution < 1.29 is 5.11 Å². The van der Waals surface area contributed by atoms with Crippen LogP contribution < -0.4 is 0 Å². The van der Waals surface area contributed by atoms with Gasteiger partial charge in [-0.15, -0.1) is 0 Å². The second-order valence-electron chi connectivity index (χ2n) is 4.13. The van der Waals surface area contributed by atoms with E-state index in [1.54, 1.807) is 0 Å². The molecule has 0 atom stereocenters. The van der Waals surface area contributed by atoms with Crippen LogP contribution in [0.15, 0.2) is 28.7 Å². The molecule has 1 nitrogen and oxygen atoms in total. The zero-order chi connectivity index (χ0) is 10.0. The molecule has 1 aromatic carbocycles. The minimum Gasteiger partial charge on any atom is -0.395 e. The summed E-state index contributed by atoms with van der Waals surface area (Å²) in [6.45, 7) is 0.273. The van der Waals surface area contributed by atoms with Gasteiger partial charge < -0.3 is 5.11 Å².